The molecule has 0 bridgehead atoms. The van der Waals surface area contributed by atoms with Gasteiger partial charge in [0.25, 0.3) is 0 Å². The molecule has 0 aromatic heterocycles. The van der Waals surface area contributed by atoms with Gasteiger partial charge in [-0.15, -0.1) is 0 Å². The lowest BCUT2D eigenvalue weighted by Gasteiger charge is -2.31. The summed E-state index contributed by atoms with van der Waals surface area (Å²) in [6.07, 6.45) is 53.2. The van der Waals surface area contributed by atoms with Crippen LogP contribution < -0.4 is 0 Å². The van der Waals surface area contributed by atoms with Crippen molar-refractivity contribution in [1.82, 2.24) is 0 Å². The molecule has 0 aromatic rings. The van der Waals surface area contributed by atoms with Crippen LogP contribution in [-0.2, 0) is 28.6 Å². The van der Waals surface area contributed by atoms with Gasteiger partial charge in [0, 0.05) is 19.3 Å². The van der Waals surface area contributed by atoms with E-state index in [9.17, 15) is 19.5 Å². The standard InChI is InChI=1S/C50H81NO7/c1-6-8-10-12-14-16-18-20-21-22-23-24-25-26-27-29-31-33-35-37-39-41-49(53)58-46(44-56-43-42-47(50(54)55)51(3,4)5)45-57-48(52)40-38-36-34-32-30-28-19-17-15-13-11-9-7-2/h8-11,13-17,19-21,28,30,32,34,46-47H,6-7,12,18,22-27,29,31,33,35-45H2,1-5H3/p+1/b10-8+,11-9+,15-13+,16-14+,19-17+,21-20+,30-28+,34-32+. The summed E-state index contributed by atoms with van der Waals surface area (Å²) < 4.78 is 17.2. The zero-order valence-corrected chi connectivity index (χ0v) is 37.2. The lowest BCUT2D eigenvalue weighted by Crippen LogP contribution is -2.50. The molecule has 328 valence electrons. The molecule has 0 rings (SSSR count). The van der Waals surface area contributed by atoms with Crippen molar-refractivity contribution in [2.75, 3.05) is 41.0 Å². The maximum Gasteiger partial charge on any atom is 0.362 e. The Kier molecular flexibility index (Phi) is 37.5. The van der Waals surface area contributed by atoms with Crippen molar-refractivity contribution in [2.45, 2.75) is 161 Å². The Morgan fingerprint density at radius 3 is 1.59 bits per heavy atom. The number of likely N-dealkylation sites (N-methyl/N-ethyl adjacent to an activating group) is 1. The predicted octanol–water partition coefficient (Wildman–Crippen LogP) is 12.3. The average molecular weight is 809 g/mol. The van der Waals surface area contributed by atoms with Crippen molar-refractivity contribution in [2.24, 2.45) is 0 Å². The number of carboxylic acid groups (broad SMARTS) is 1. The van der Waals surface area contributed by atoms with Crippen LogP contribution >= 0.6 is 0 Å². The monoisotopic (exact) mass is 809 g/mol. The molecule has 0 aliphatic carbocycles. The third kappa shape index (κ3) is 37.8. The lowest BCUT2D eigenvalue weighted by atomic mass is 10.0. The van der Waals surface area contributed by atoms with Crippen molar-refractivity contribution in [3.8, 4) is 0 Å². The van der Waals surface area contributed by atoms with Crippen LogP contribution in [0.2, 0.25) is 0 Å². The maximum absolute atomic E-state index is 12.7. The van der Waals surface area contributed by atoms with E-state index in [0.717, 1.165) is 51.4 Å². The number of esters is 2. The molecule has 8 heteroatoms. The SMILES string of the molecule is CC/C=C/C=C/C=C/C=C/C=C/CCCC(=O)OCC(COCCC(C(=O)O)[N+](C)(C)C)OC(=O)CCCCCCCCCCCCC/C=C/C/C=C/C/C=C/CC. The Balaban J connectivity index is 4.38. The predicted molar refractivity (Wildman–Crippen MR) is 243 cm³/mol. The molecule has 0 spiro atoms. The van der Waals surface area contributed by atoms with Gasteiger partial charge >= 0.3 is 17.9 Å². The molecule has 0 aliphatic rings. The second kappa shape index (κ2) is 40.0. The Labute approximate surface area is 354 Å². The molecule has 58 heavy (non-hydrogen) atoms. The fraction of sp³-hybridized carbons (Fsp3) is 0.620. The number of unbranched alkanes of at least 4 members (excludes halogenated alkanes) is 12. The molecular formula is C50H82NO7+. The first kappa shape index (κ1) is 54.2. The van der Waals surface area contributed by atoms with Gasteiger partial charge in [-0.3, -0.25) is 9.59 Å². The number of ether oxygens (including phenoxy) is 3. The number of hydrogen-bond donors (Lipinski definition) is 1. The van der Waals surface area contributed by atoms with E-state index >= 15 is 0 Å². The van der Waals surface area contributed by atoms with E-state index in [1.165, 1.54) is 57.8 Å². The number of carbonyl (C=O) groups is 3. The summed E-state index contributed by atoms with van der Waals surface area (Å²) in [5, 5.41) is 9.62. The van der Waals surface area contributed by atoms with Gasteiger partial charge in [0.05, 0.1) is 34.4 Å². The third-order valence-electron chi connectivity index (χ3n) is 9.36. The Morgan fingerprint density at radius 1 is 0.534 bits per heavy atom. The Bertz CT molecular complexity index is 1260. The van der Waals surface area contributed by atoms with Gasteiger partial charge in [-0.25, -0.2) is 4.79 Å². The largest absolute Gasteiger partial charge is 0.477 e. The number of rotatable bonds is 38. The molecule has 2 atom stereocenters. The number of nitrogens with zero attached hydrogens (tertiary/aromatic N) is 1. The van der Waals surface area contributed by atoms with E-state index in [2.05, 4.69) is 56.4 Å². The first-order valence-electron chi connectivity index (χ1n) is 22.3. The van der Waals surface area contributed by atoms with E-state index in [0.29, 0.717) is 19.3 Å². The van der Waals surface area contributed by atoms with Crippen molar-refractivity contribution in [1.29, 1.82) is 0 Å². The van der Waals surface area contributed by atoms with Crippen LogP contribution in [0, 0.1) is 0 Å². The highest BCUT2D eigenvalue weighted by molar-refractivity contribution is 5.72. The zero-order valence-electron chi connectivity index (χ0n) is 37.2. The van der Waals surface area contributed by atoms with Gasteiger partial charge in [-0.1, -0.05) is 169 Å². The van der Waals surface area contributed by atoms with Gasteiger partial charge in [0.1, 0.15) is 6.61 Å². The van der Waals surface area contributed by atoms with Gasteiger partial charge in [0.15, 0.2) is 12.1 Å². The average Bonchev–Trinajstić information content (AvgIpc) is 3.18. The van der Waals surface area contributed by atoms with E-state index in [4.69, 9.17) is 14.2 Å². The van der Waals surface area contributed by atoms with Crippen molar-refractivity contribution >= 4 is 17.9 Å². The van der Waals surface area contributed by atoms with Gasteiger partial charge in [-0.05, 0) is 57.8 Å². The first-order chi connectivity index (χ1) is 28.1. The Morgan fingerprint density at radius 2 is 1.02 bits per heavy atom. The van der Waals surface area contributed by atoms with Crippen LogP contribution in [-0.4, -0.2) is 80.6 Å². The van der Waals surface area contributed by atoms with E-state index < -0.39 is 18.1 Å². The number of allylic oxidation sites excluding steroid dienone is 16. The summed E-state index contributed by atoms with van der Waals surface area (Å²) in [5.74, 6) is -1.58. The van der Waals surface area contributed by atoms with Gasteiger partial charge in [-0.2, -0.15) is 0 Å². The minimum absolute atomic E-state index is 0.0315. The summed E-state index contributed by atoms with van der Waals surface area (Å²) in [4.78, 5) is 37.0. The molecule has 0 saturated heterocycles. The van der Waals surface area contributed by atoms with E-state index in [1.54, 1.807) is 0 Å². The second-order valence-electron chi connectivity index (χ2n) is 15.7. The molecule has 0 amide bonds. The van der Waals surface area contributed by atoms with Gasteiger partial charge in [0.2, 0.25) is 0 Å². The minimum Gasteiger partial charge on any atom is -0.477 e. The minimum atomic E-state index is -0.889. The van der Waals surface area contributed by atoms with Crippen molar-refractivity contribution < 1.29 is 38.2 Å². The normalized spacial score (nSPS) is 13.9. The quantitative estimate of drug-likeness (QED) is 0.0218. The maximum atomic E-state index is 12.7. The highest BCUT2D eigenvalue weighted by Crippen LogP contribution is 2.14. The number of hydrogen-bond acceptors (Lipinski definition) is 6. The van der Waals surface area contributed by atoms with E-state index in [-0.39, 0.29) is 42.7 Å². The van der Waals surface area contributed by atoms with Crippen LogP contribution in [0.1, 0.15) is 149 Å². The zero-order chi connectivity index (χ0) is 42.8. The third-order valence-corrected chi connectivity index (χ3v) is 9.36. The molecule has 0 fully saturated rings. The lowest BCUT2D eigenvalue weighted by molar-refractivity contribution is -0.887. The second-order valence-corrected chi connectivity index (χ2v) is 15.7. The fourth-order valence-corrected chi connectivity index (χ4v) is 5.96. The number of carboxylic acids is 1. The molecular weight excluding hydrogens is 727 g/mol. The summed E-state index contributed by atoms with van der Waals surface area (Å²) in [7, 11) is 5.49. The summed E-state index contributed by atoms with van der Waals surface area (Å²) in [6.45, 7) is 4.38. The van der Waals surface area contributed by atoms with Crippen LogP contribution in [0.25, 0.3) is 0 Å². The topological polar surface area (TPSA) is 99.1 Å². The molecule has 0 heterocycles. The van der Waals surface area contributed by atoms with Crippen LogP contribution in [0.3, 0.4) is 0 Å². The molecule has 0 aliphatic heterocycles. The summed E-state index contributed by atoms with van der Waals surface area (Å²) in [6, 6.07) is -0.631. The number of aliphatic carboxylic acids is 1. The van der Waals surface area contributed by atoms with Crippen molar-refractivity contribution in [3.63, 3.8) is 0 Å². The molecule has 0 radical (unpaired) electrons. The van der Waals surface area contributed by atoms with Crippen LogP contribution in [0.4, 0.5) is 0 Å². The molecule has 0 saturated carbocycles. The first-order valence-corrected chi connectivity index (χ1v) is 22.3. The number of carbonyl (C=O) groups excluding carboxylic acids is 2. The smallest absolute Gasteiger partial charge is 0.362 e. The highest BCUT2D eigenvalue weighted by atomic mass is 16.6. The Hall–Kier alpha value is -3.75. The molecule has 0 aromatic carbocycles. The molecule has 1 N–H and O–H groups in total. The van der Waals surface area contributed by atoms with Crippen LogP contribution in [0.15, 0.2) is 97.2 Å². The highest BCUT2D eigenvalue weighted by Gasteiger charge is 2.31. The molecule has 8 nitrogen and oxygen atoms in total. The van der Waals surface area contributed by atoms with Crippen LogP contribution in [0.5, 0.6) is 0 Å². The fourth-order valence-electron chi connectivity index (χ4n) is 5.96. The van der Waals surface area contributed by atoms with Gasteiger partial charge < -0.3 is 23.8 Å². The van der Waals surface area contributed by atoms with Crippen molar-refractivity contribution in [3.05, 3.63) is 97.2 Å². The van der Waals surface area contributed by atoms with E-state index in [1.807, 2.05) is 75.8 Å². The number of quaternary nitrogens is 1. The summed E-state index contributed by atoms with van der Waals surface area (Å²) >= 11 is 0. The molecule has 2 unspecified atom stereocenters. The summed E-state index contributed by atoms with van der Waals surface area (Å²) in [5.41, 5.74) is 0.